The summed E-state index contributed by atoms with van der Waals surface area (Å²) in [5.41, 5.74) is 7.93. The summed E-state index contributed by atoms with van der Waals surface area (Å²) in [6.45, 7) is 0. The van der Waals surface area contributed by atoms with Gasteiger partial charge in [0, 0.05) is 18.4 Å². The molecule has 0 spiro atoms. The standard InChI is InChI=1S/C8H11N3/c9-6-2-1-3-7-8(6)11-5-4-10-7/h4-6H,1-3,9H2/t6-/m0/s1. The van der Waals surface area contributed by atoms with Crippen LogP contribution in [0.3, 0.4) is 0 Å². The molecule has 0 radical (unpaired) electrons. The summed E-state index contributed by atoms with van der Waals surface area (Å²) in [6.07, 6.45) is 6.68. The van der Waals surface area contributed by atoms with E-state index in [2.05, 4.69) is 9.97 Å². The summed E-state index contributed by atoms with van der Waals surface area (Å²) in [6, 6.07) is 0.118. The van der Waals surface area contributed by atoms with E-state index in [1.807, 2.05) is 0 Å². The Kier molecular flexibility index (Phi) is 1.58. The fourth-order valence-corrected chi connectivity index (χ4v) is 1.51. The van der Waals surface area contributed by atoms with E-state index in [1.165, 1.54) is 0 Å². The number of nitrogens with zero attached hydrogens (tertiary/aromatic N) is 2. The highest BCUT2D eigenvalue weighted by Crippen LogP contribution is 2.23. The Morgan fingerprint density at radius 1 is 1.36 bits per heavy atom. The predicted molar refractivity (Wildman–Crippen MR) is 41.9 cm³/mol. The van der Waals surface area contributed by atoms with E-state index in [0.29, 0.717) is 0 Å². The Morgan fingerprint density at radius 2 is 2.18 bits per heavy atom. The molecule has 0 aromatic carbocycles. The number of aryl methyl sites for hydroxylation is 1. The monoisotopic (exact) mass is 149 g/mol. The molecular formula is C8H11N3. The van der Waals surface area contributed by atoms with Crippen molar-refractivity contribution in [1.82, 2.24) is 9.97 Å². The minimum atomic E-state index is 0.118. The molecule has 2 rings (SSSR count). The average molecular weight is 149 g/mol. The average Bonchev–Trinajstić information content (AvgIpc) is 2.06. The first-order valence-corrected chi connectivity index (χ1v) is 3.93. The zero-order chi connectivity index (χ0) is 7.68. The van der Waals surface area contributed by atoms with Crippen LogP contribution in [-0.4, -0.2) is 9.97 Å². The van der Waals surface area contributed by atoms with Gasteiger partial charge in [0.25, 0.3) is 0 Å². The SMILES string of the molecule is N[C@H]1CCCc2nccnc21. The Morgan fingerprint density at radius 3 is 3.00 bits per heavy atom. The van der Waals surface area contributed by atoms with Crippen molar-refractivity contribution < 1.29 is 0 Å². The fraction of sp³-hybridized carbons (Fsp3) is 0.500. The van der Waals surface area contributed by atoms with Crippen LogP contribution in [0.5, 0.6) is 0 Å². The van der Waals surface area contributed by atoms with Gasteiger partial charge in [0.2, 0.25) is 0 Å². The highest BCUT2D eigenvalue weighted by molar-refractivity contribution is 5.17. The van der Waals surface area contributed by atoms with Crippen molar-refractivity contribution in [2.45, 2.75) is 25.3 Å². The van der Waals surface area contributed by atoms with Crippen LogP contribution in [0.15, 0.2) is 12.4 Å². The Hall–Kier alpha value is -0.960. The van der Waals surface area contributed by atoms with E-state index >= 15 is 0 Å². The summed E-state index contributed by atoms with van der Waals surface area (Å²) >= 11 is 0. The van der Waals surface area contributed by atoms with Crippen molar-refractivity contribution in [2.75, 3.05) is 0 Å². The third-order valence-electron chi connectivity index (χ3n) is 2.09. The van der Waals surface area contributed by atoms with Gasteiger partial charge in [0.15, 0.2) is 0 Å². The maximum atomic E-state index is 5.84. The molecule has 1 atom stereocenters. The zero-order valence-electron chi connectivity index (χ0n) is 6.33. The third-order valence-corrected chi connectivity index (χ3v) is 2.09. The van der Waals surface area contributed by atoms with E-state index in [0.717, 1.165) is 30.7 Å². The fourth-order valence-electron chi connectivity index (χ4n) is 1.51. The number of hydrogen-bond donors (Lipinski definition) is 1. The van der Waals surface area contributed by atoms with Crippen LogP contribution >= 0.6 is 0 Å². The lowest BCUT2D eigenvalue weighted by molar-refractivity contribution is 0.543. The second-order valence-electron chi connectivity index (χ2n) is 2.89. The van der Waals surface area contributed by atoms with Gasteiger partial charge in [0.1, 0.15) is 0 Å². The summed E-state index contributed by atoms with van der Waals surface area (Å²) in [7, 11) is 0. The van der Waals surface area contributed by atoms with E-state index in [9.17, 15) is 0 Å². The molecule has 1 aliphatic rings. The van der Waals surface area contributed by atoms with Crippen molar-refractivity contribution in [2.24, 2.45) is 5.73 Å². The Labute approximate surface area is 65.7 Å². The van der Waals surface area contributed by atoms with Crippen molar-refractivity contribution in [3.8, 4) is 0 Å². The van der Waals surface area contributed by atoms with Crippen LogP contribution in [-0.2, 0) is 6.42 Å². The molecule has 0 unspecified atom stereocenters. The largest absolute Gasteiger partial charge is 0.323 e. The van der Waals surface area contributed by atoms with Gasteiger partial charge in [-0.3, -0.25) is 9.97 Å². The maximum absolute atomic E-state index is 5.84. The molecule has 1 aliphatic carbocycles. The van der Waals surface area contributed by atoms with Gasteiger partial charge in [-0.25, -0.2) is 0 Å². The van der Waals surface area contributed by atoms with E-state index < -0.39 is 0 Å². The number of nitrogens with two attached hydrogens (primary N) is 1. The van der Waals surface area contributed by atoms with Crippen molar-refractivity contribution >= 4 is 0 Å². The summed E-state index contributed by atoms with van der Waals surface area (Å²) in [5.74, 6) is 0. The first-order valence-electron chi connectivity index (χ1n) is 3.93. The highest BCUT2D eigenvalue weighted by Gasteiger charge is 2.17. The number of hydrogen-bond acceptors (Lipinski definition) is 3. The van der Waals surface area contributed by atoms with Gasteiger partial charge in [-0.1, -0.05) is 0 Å². The number of fused-ring (bicyclic) bond motifs is 1. The molecule has 1 aromatic heterocycles. The van der Waals surface area contributed by atoms with Crippen LogP contribution in [0.4, 0.5) is 0 Å². The first-order chi connectivity index (χ1) is 5.38. The summed E-state index contributed by atoms with van der Waals surface area (Å²) < 4.78 is 0. The lowest BCUT2D eigenvalue weighted by Crippen LogP contribution is -2.19. The van der Waals surface area contributed by atoms with E-state index in [1.54, 1.807) is 12.4 Å². The Bertz CT molecular complexity index is 259. The molecule has 1 aromatic rings. The molecular weight excluding hydrogens is 138 g/mol. The molecule has 0 saturated carbocycles. The molecule has 0 fully saturated rings. The third kappa shape index (κ3) is 1.12. The molecule has 11 heavy (non-hydrogen) atoms. The summed E-state index contributed by atoms with van der Waals surface area (Å²) in [4.78, 5) is 8.44. The van der Waals surface area contributed by atoms with Crippen LogP contribution < -0.4 is 5.73 Å². The topological polar surface area (TPSA) is 51.8 Å². The zero-order valence-corrected chi connectivity index (χ0v) is 6.33. The molecule has 0 amide bonds. The van der Waals surface area contributed by atoms with Gasteiger partial charge in [-0.05, 0) is 19.3 Å². The molecule has 0 bridgehead atoms. The molecule has 2 N–H and O–H groups in total. The Balaban J connectivity index is 2.44. The molecule has 0 saturated heterocycles. The van der Waals surface area contributed by atoms with E-state index in [4.69, 9.17) is 5.73 Å². The molecule has 58 valence electrons. The molecule has 3 nitrogen and oxygen atoms in total. The normalized spacial score (nSPS) is 22.8. The van der Waals surface area contributed by atoms with Crippen LogP contribution in [0.1, 0.15) is 30.3 Å². The molecule has 1 heterocycles. The predicted octanol–water partition coefficient (Wildman–Crippen LogP) is 0.813. The van der Waals surface area contributed by atoms with Gasteiger partial charge < -0.3 is 5.73 Å². The van der Waals surface area contributed by atoms with E-state index in [-0.39, 0.29) is 6.04 Å². The second-order valence-corrected chi connectivity index (χ2v) is 2.89. The molecule has 3 heteroatoms. The lowest BCUT2D eigenvalue weighted by Gasteiger charge is -2.18. The van der Waals surface area contributed by atoms with Crippen molar-refractivity contribution in [3.05, 3.63) is 23.8 Å². The second kappa shape index (κ2) is 2.58. The first kappa shape index (κ1) is 6.73. The van der Waals surface area contributed by atoms with Crippen LogP contribution in [0.2, 0.25) is 0 Å². The van der Waals surface area contributed by atoms with Gasteiger partial charge in [-0.15, -0.1) is 0 Å². The lowest BCUT2D eigenvalue weighted by atomic mass is 9.96. The maximum Gasteiger partial charge on any atom is 0.0785 e. The quantitative estimate of drug-likeness (QED) is 0.594. The van der Waals surface area contributed by atoms with Gasteiger partial charge >= 0.3 is 0 Å². The number of rotatable bonds is 0. The van der Waals surface area contributed by atoms with Crippen LogP contribution in [0, 0.1) is 0 Å². The number of aromatic nitrogens is 2. The van der Waals surface area contributed by atoms with Crippen molar-refractivity contribution in [1.29, 1.82) is 0 Å². The van der Waals surface area contributed by atoms with Gasteiger partial charge in [-0.2, -0.15) is 0 Å². The molecule has 0 aliphatic heterocycles. The van der Waals surface area contributed by atoms with Gasteiger partial charge in [0.05, 0.1) is 11.4 Å². The smallest absolute Gasteiger partial charge is 0.0785 e. The summed E-state index contributed by atoms with van der Waals surface area (Å²) in [5, 5.41) is 0. The van der Waals surface area contributed by atoms with Crippen molar-refractivity contribution in [3.63, 3.8) is 0 Å². The van der Waals surface area contributed by atoms with Crippen LogP contribution in [0.25, 0.3) is 0 Å². The minimum absolute atomic E-state index is 0.118. The minimum Gasteiger partial charge on any atom is -0.323 e. The highest BCUT2D eigenvalue weighted by atomic mass is 14.8.